The van der Waals surface area contributed by atoms with Crippen LogP contribution in [0.1, 0.15) is 18.4 Å². The summed E-state index contributed by atoms with van der Waals surface area (Å²) in [6, 6.07) is 15.4. The Labute approximate surface area is 141 Å². The summed E-state index contributed by atoms with van der Waals surface area (Å²) in [4.78, 5) is 14.4. The first-order valence-electron chi connectivity index (χ1n) is 7.81. The summed E-state index contributed by atoms with van der Waals surface area (Å²) >= 11 is 6.35. The predicted molar refractivity (Wildman–Crippen MR) is 97.0 cm³/mol. The molecule has 1 aliphatic heterocycles. The number of anilines is 2. The van der Waals surface area contributed by atoms with Gasteiger partial charge in [-0.3, -0.25) is 4.79 Å². The first-order valence-corrected chi connectivity index (χ1v) is 8.19. The molecule has 1 heterocycles. The number of nitrogens with zero attached hydrogens (tertiary/aromatic N) is 1. The number of hydrogen-bond donors (Lipinski definition) is 1. The molecule has 2 aromatic carbocycles. The van der Waals surface area contributed by atoms with Crippen LogP contribution in [0.5, 0.6) is 0 Å². The Bertz CT molecular complexity index is 707. The summed E-state index contributed by atoms with van der Waals surface area (Å²) in [7, 11) is 0. The summed E-state index contributed by atoms with van der Waals surface area (Å²) in [5, 5.41) is 3.62. The van der Waals surface area contributed by atoms with Gasteiger partial charge in [0.25, 0.3) is 0 Å². The van der Waals surface area contributed by atoms with E-state index in [-0.39, 0.29) is 5.91 Å². The molecule has 3 rings (SSSR count). The van der Waals surface area contributed by atoms with E-state index in [1.54, 1.807) is 12.2 Å². The minimum absolute atomic E-state index is 0.156. The van der Waals surface area contributed by atoms with Gasteiger partial charge in [0.2, 0.25) is 5.91 Å². The highest BCUT2D eigenvalue weighted by molar-refractivity contribution is 6.34. The van der Waals surface area contributed by atoms with Crippen molar-refractivity contribution in [1.82, 2.24) is 0 Å². The fraction of sp³-hybridized carbons (Fsp3) is 0.211. The molecule has 0 aromatic heterocycles. The van der Waals surface area contributed by atoms with Crippen LogP contribution in [0, 0.1) is 0 Å². The zero-order valence-electron chi connectivity index (χ0n) is 12.8. The second-order valence-corrected chi connectivity index (χ2v) is 5.97. The zero-order chi connectivity index (χ0) is 16.1. The van der Waals surface area contributed by atoms with Crippen molar-refractivity contribution >= 4 is 35.0 Å². The van der Waals surface area contributed by atoms with Crippen molar-refractivity contribution in [2.24, 2.45) is 0 Å². The van der Waals surface area contributed by atoms with Gasteiger partial charge >= 0.3 is 0 Å². The Morgan fingerprint density at radius 2 is 1.78 bits per heavy atom. The maximum absolute atomic E-state index is 12.2. The summed E-state index contributed by atoms with van der Waals surface area (Å²) in [6.45, 7) is 1.96. The van der Waals surface area contributed by atoms with Crippen LogP contribution < -0.4 is 10.2 Å². The molecule has 0 radical (unpaired) electrons. The van der Waals surface area contributed by atoms with Gasteiger partial charge in [-0.1, -0.05) is 48.0 Å². The number of carbonyl (C=O) groups excluding carboxylic acids is 1. The third-order valence-electron chi connectivity index (χ3n) is 3.89. The van der Waals surface area contributed by atoms with Crippen molar-refractivity contribution < 1.29 is 4.79 Å². The molecule has 1 amide bonds. The lowest BCUT2D eigenvalue weighted by atomic mass is 10.2. The molecular formula is C19H19ClN2O. The first kappa shape index (κ1) is 15.6. The third kappa shape index (κ3) is 3.93. The lowest BCUT2D eigenvalue weighted by Crippen LogP contribution is -2.21. The van der Waals surface area contributed by atoms with Crippen molar-refractivity contribution in [3.63, 3.8) is 0 Å². The van der Waals surface area contributed by atoms with Crippen LogP contribution in [0.4, 0.5) is 11.4 Å². The van der Waals surface area contributed by atoms with Gasteiger partial charge in [-0.05, 0) is 36.6 Å². The van der Waals surface area contributed by atoms with Gasteiger partial charge in [0, 0.05) is 19.2 Å². The van der Waals surface area contributed by atoms with E-state index in [2.05, 4.69) is 10.2 Å². The van der Waals surface area contributed by atoms with E-state index in [1.807, 2.05) is 48.5 Å². The highest BCUT2D eigenvalue weighted by Gasteiger charge is 2.19. The fourth-order valence-electron chi connectivity index (χ4n) is 2.79. The average molecular weight is 327 g/mol. The molecule has 1 N–H and O–H groups in total. The fourth-order valence-corrected chi connectivity index (χ4v) is 3.08. The quantitative estimate of drug-likeness (QED) is 0.833. The van der Waals surface area contributed by atoms with E-state index in [0.29, 0.717) is 5.02 Å². The molecule has 0 unspecified atom stereocenters. The number of amides is 1. The largest absolute Gasteiger partial charge is 0.369 e. The van der Waals surface area contributed by atoms with E-state index in [1.165, 1.54) is 0 Å². The highest BCUT2D eigenvalue weighted by Crippen LogP contribution is 2.35. The van der Waals surface area contributed by atoms with Crippen molar-refractivity contribution in [1.29, 1.82) is 0 Å². The zero-order valence-corrected chi connectivity index (χ0v) is 13.6. The Hall–Kier alpha value is -2.26. The molecular weight excluding hydrogens is 308 g/mol. The molecule has 1 fully saturated rings. The van der Waals surface area contributed by atoms with Crippen molar-refractivity contribution in [2.75, 3.05) is 23.3 Å². The van der Waals surface area contributed by atoms with Crippen molar-refractivity contribution in [3.8, 4) is 0 Å². The molecule has 1 saturated heterocycles. The minimum atomic E-state index is -0.156. The van der Waals surface area contributed by atoms with Gasteiger partial charge in [0.15, 0.2) is 0 Å². The van der Waals surface area contributed by atoms with E-state index >= 15 is 0 Å². The standard InChI is InChI=1S/C19H19ClN2O/c20-16-9-6-10-17(19(16)22-13-4-5-14-22)21-18(23)12-11-15-7-2-1-3-8-15/h1-3,6-12H,4-5,13-14H2,(H,21,23)/b12-11+. The highest BCUT2D eigenvalue weighted by atomic mass is 35.5. The monoisotopic (exact) mass is 326 g/mol. The number of carbonyl (C=O) groups is 1. The molecule has 3 nitrogen and oxygen atoms in total. The number of halogens is 1. The lowest BCUT2D eigenvalue weighted by molar-refractivity contribution is -0.111. The Morgan fingerprint density at radius 1 is 1.04 bits per heavy atom. The van der Waals surface area contributed by atoms with Crippen LogP contribution in [0.2, 0.25) is 5.02 Å². The number of benzene rings is 2. The van der Waals surface area contributed by atoms with Crippen molar-refractivity contribution in [3.05, 3.63) is 65.2 Å². The molecule has 0 atom stereocenters. The van der Waals surface area contributed by atoms with E-state index in [0.717, 1.165) is 42.9 Å². The van der Waals surface area contributed by atoms with E-state index in [4.69, 9.17) is 11.6 Å². The molecule has 4 heteroatoms. The average Bonchev–Trinajstić information content (AvgIpc) is 3.08. The maximum atomic E-state index is 12.2. The summed E-state index contributed by atoms with van der Waals surface area (Å²) in [5.41, 5.74) is 2.68. The SMILES string of the molecule is O=C(/C=C/c1ccccc1)Nc1cccc(Cl)c1N1CCCC1. The molecule has 118 valence electrons. The Balaban J connectivity index is 1.76. The molecule has 0 aliphatic carbocycles. The molecule has 0 spiro atoms. The van der Waals surface area contributed by atoms with Crippen LogP contribution in [0.15, 0.2) is 54.6 Å². The van der Waals surface area contributed by atoms with Crippen molar-refractivity contribution in [2.45, 2.75) is 12.8 Å². The maximum Gasteiger partial charge on any atom is 0.248 e. The third-order valence-corrected chi connectivity index (χ3v) is 4.20. The number of rotatable bonds is 4. The van der Waals surface area contributed by atoms with Gasteiger partial charge in [-0.15, -0.1) is 0 Å². The molecule has 0 bridgehead atoms. The Kier molecular flexibility index (Phi) is 4.99. The molecule has 0 saturated carbocycles. The van der Waals surface area contributed by atoms with E-state index in [9.17, 15) is 4.79 Å². The van der Waals surface area contributed by atoms with Gasteiger partial charge in [-0.25, -0.2) is 0 Å². The molecule has 23 heavy (non-hydrogen) atoms. The van der Waals surface area contributed by atoms with Crippen LogP contribution in [0.25, 0.3) is 6.08 Å². The van der Waals surface area contributed by atoms with Crippen LogP contribution in [-0.4, -0.2) is 19.0 Å². The second-order valence-electron chi connectivity index (χ2n) is 5.56. The van der Waals surface area contributed by atoms with Gasteiger partial charge in [0.1, 0.15) is 0 Å². The van der Waals surface area contributed by atoms with Crippen LogP contribution in [0.3, 0.4) is 0 Å². The van der Waals surface area contributed by atoms with Crippen LogP contribution >= 0.6 is 11.6 Å². The minimum Gasteiger partial charge on any atom is -0.369 e. The van der Waals surface area contributed by atoms with Gasteiger partial charge in [0.05, 0.1) is 16.4 Å². The number of nitrogens with one attached hydrogen (secondary N) is 1. The summed E-state index contributed by atoms with van der Waals surface area (Å²) in [5.74, 6) is -0.156. The van der Waals surface area contributed by atoms with E-state index < -0.39 is 0 Å². The molecule has 2 aromatic rings. The van der Waals surface area contributed by atoms with Gasteiger partial charge < -0.3 is 10.2 Å². The summed E-state index contributed by atoms with van der Waals surface area (Å²) in [6.07, 6.45) is 5.67. The first-order chi connectivity index (χ1) is 11.2. The Morgan fingerprint density at radius 3 is 2.52 bits per heavy atom. The number of hydrogen-bond acceptors (Lipinski definition) is 2. The van der Waals surface area contributed by atoms with Gasteiger partial charge in [-0.2, -0.15) is 0 Å². The second kappa shape index (κ2) is 7.34. The topological polar surface area (TPSA) is 32.3 Å². The number of para-hydroxylation sites is 1. The van der Waals surface area contributed by atoms with Crippen LogP contribution in [-0.2, 0) is 4.79 Å². The molecule has 1 aliphatic rings. The lowest BCUT2D eigenvalue weighted by Gasteiger charge is -2.22. The summed E-state index contributed by atoms with van der Waals surface area (Å²) < 4.78 is 0. The smallest absolute Gasteiger partial charge is 0.248 e. The predicted octanol–water partition coefficient (Wildman–Crippen LogP) is 4.59. The normalized spacial score (nSPS) is 14.4.